The Morgan fingerprint density at radius 3 is 2.60 bits per heavy atom. The van der Waals surface area contributed by atoms with Crippen LogP contribution in [0.2, 0.25) is 0 Å². The normalized spacial score (nSPS) is 11.4. The molecule has 0 unspecified atom stereocenters. The fraction of sp³-hybridized carbons (Fsp3) is 0.462. The fourth-order valence-corrected chi connectivity index (χ4v) is 1.42. The third-order valence-corrected chi connectivity index (χ3v) is 2.39. The number of aromatic carboxylic acids is 1. The number of hydrogen-bond donors (Lipinski definition) is 1. The van der Waals surface area contributed by atoms with Gasteiger partial charge in [-0.05, 0) is 24.6 Å². The van der Waals surface area contributed by atoms with Crippen molar-refractivity contribution in [2.45, 2.75) is 19.5 Å². The monoisotopic (exact) mass is 292 g/mol. The zero-order chi connectivity index (χ0) is 15.2. The molecule has 1 aromatic rings. The van der Waals surface area contributed by atoms with E-state index in [1.165, 1.54) is 12.1 Å². The Hall–Kier alpha value is -1.76. The lowest BCUT2D eigenvalue weighted by Crippen LogP contribution is -2.18. The summed E-state index contributed by atoms with van der Waals surface area (Å²) in [6.07, 6.45) is -4.04. The van der Waals surface area contributed by atoms with E-state index in [2.05, 4.69) is 4.74 Å². The van der Waals surface area contributed by atoms with Crippen molar-refractivity contribution in [3.05, 3.63) is 29.3 Å². The maximum Gasteiger partial charge on any atom is 0.411 e. The maximum atomic E-state index is 11.8. The average Bonchev–Trinajstić information content (AvgIpc) is 2.34. The molecule has 0 saturated heterocycles. The highest BCUT2D eigenvalue weighted by Gasteiger charge is 2.27. The van der Waals surface area contributed by atoms with E-state index in [0.29, 0.717) is 5.75 Å². The van der Waals surface area contributed by atoms with Gasteiger partial charge in [-0.15, -0.1) is 0 Å². The van der Waals surface area contributed by atoms with Gasteiger partial charge in [0, 0.05) is 6.42 Å². The van der Waals surface area contributed by atoms with Crippen molar-refractivity contribution in [3.63, 3.8) is 0 Å². The molecular formula is C13H15F3O4. The van der Waals surface area contributed by atoms with Gasteiger partial charge in [0.15, 0.2) is 0 Å². The molecule has 4 nitrogen and oxygen atoms in total. The minimum atomic E-state index is -4.33. The van der Waals surface area contributed by atoms with Crippen LogP contribution in [0.3, 0.4) is 0 Å². The van der Waals surface area contributed by atoms with E-state index >= 15 is 0 Å². The lowest BCUT2D eigenvalue weighted by atomic mass is 10.1. The van der Waals surface area contributed by atoms with Gasteiger partial charge < -0.3 is 14.6 Å². The fourth-order valence-electron chi connectivity index (χ4n) is 1.42. The summed E-state index contributed by atoms with van der Waals surface area (Å²) in [5, 5.41) is 8.84. The summed E-state index contributed by atoms with van der Waals surface area (Å²) in [5.41, 5.74) is 0.852. The number of aryl methyl sites for hydroxylation is 1. The average molecular weight is 292 g/mol. The summed E-state index contributed by atoms with van der Waals surface area (Å²) in [7, 11) is 0. The van der Waals surface area contributed by atoms with Gasteiger partial charge in [0.1, 0.15) is 12.4 Å². The molecule has 0 atom stereocenters. The third-order valence-electron chi connectivity index (χ3n) is 2.39. The maximum absolute atomic E-state index is 11.8. The second-order valence-corrected chi connectivity index (χ2v) is 4.16. The van der Waals surface area contributed by atoms with Crippen LogP contribution in [-0.2, 0) is 4.74 Å². The van der Waals surface area contributed by atoms with Crippen LogP contribution in [0.15, 0.2) is 18.2 Å². The molecule has 20 heavy (non-hydrogen) atoms. The molecule has 0 fully saturated rings. The molecule has 0 saturated carbocycles. The molecule has 0 aliphatic carbocycles. The largest absolute Gasteiger partial charge is 0.493 e. The Bertz CT molecular complexity index is 457. The zero-order valence-electron chi connectivity index (χ0n) is 10.9. The van der Waals surface area contributed by atoms with E-state index in [0.717, 1.165) is 5.56 Å². The van der Waals surface area contributed by atoms with Crippen LogP contribution < -0.4 is 4.74 Å². The van der Waals surface area contributed by atoms with Gasteiger partial charge in [-0.3, -0.25) is 0 Å². The van der Waals surface area contributed by atoms with Crippen molar-refractivity contribution in [1.82, 2.24) is 0 Å². The highest BCUT2D eigenvalue weighted by Crippen LogP contribution is 2.20. The predicted octanol–water partition coefficient (Wildman–Crippen LogP) is 3.04. The number of carbonyl (C=O) groups is 1. The van der Waals surface area contributed by atoms with Crippen LogP contribution >= 0.6 is 0 Å². The van der Waals surface area contributed by atoms with E-state index in [9.17, 15) is 18.0 Å². The third kappa shape index (κ3) is 5.92. The van der Waals surface area contributed by atoms with Crippen LogP contribution in [0.4, 0.5) is 13.2 Å². The van der Waals surface area contributed by atoms with Gasteiger partial charge in [0.05, 0.1) is 18.8 Å². The lowest BCUT2D eigenvalue weighted by Gasteiger charge is -2.11. The summed E-state index contributed by atoms with van der Waals surface area (Å²) in [6.45, 7) is 0.556. The number of hydrogen-bond acceptors (Lipinski definition) is 3. The highest BCUT2D eigenvalue weighted by atomic mass is 19.4. The predicted molar refractivity (Wildman–Crippen MR) is 65.1 cm³/mol. The molecule has 0 bridgehead atoms. The molecule has 112 valence electrons. The molecule has 0 aliphatic heterocycles. The van der Waals surface area contributed by atoms with E-state index < -0.39 is 18.8 Å². The molecule has 0 radical (unpaired) electrons. The number of alkyl halides is 3. The molecular weight excluding hydrogens is 277 g/mol. The zero-order valence-corrected chi connectivity index (χ0v) is 10.9. The van der Waals surface area contributed by atoms with Gasteiger partial charge in [-0.1, -0.05) is 6.07 Å². The minimum absolute atomic E-state index is 0.0722. The Morgan fingerprint density at radius 2 is 2.00 bits per heavy atom. The molecule has 0 amide bonds. The van der Waals surface area contributed by atoms with Crippen LogP contribution in [0.1, 0.15) is 22.3 Å². The molecule has 0 heterocycles. The second-order valence-electron chi connectivity index (χ2n) is 4.16. The minimum Gasteiger partial charge on any atom is -0.493 e. The smallest absolute Gasteiger partial charge is 0.411 e. The SMILES string of the molecule is Cc1ccc(C(=O)O)cc1OCCCOCC(F)(F)F. The second kappa shape index (κ2) is 7.14. The first-order valence-corrected chi connectivity index (χ1v) is 5.91. The van der Waals surface area contributed by atoms with E-state index in [1.54, 1.807) is 13.0 Å². The van der Waals surface area contributed by atoms with Crippen LogP contribution in [-0.4, -0.2) is 37.1 Å². The van der Waals surface area contributed by atoms with Crippen molar-refractivity contribution < 1.29 is 32.5 Å². The van der Waals surface area contributed by atoms with Crippen LogP contribution in [0.25, 0.3) is 0 Å². The summed E-state index contributed by atoms with van der Waals surface area (Å²) in [6, 6.07) is 4.45. The lowest BCUT2D eigenvalue weighted by molar-refractivity contribution is -0.174. The Kier molecular flexibility index (Phi) is 5.82. The first-order valence-electron chi connectivity index (χ1n) is 5.91. The molecule has 0 aromatic heterocycles. The van der Waals surface area contributed by atoms with Crippen molar-refractivity contribution in [3.8, 4) is 5.75 Å². The Balaban J connectivity index is 2.35. The topological polar surface area (TPSA) is 55.8 Å². The molecule has 1 N–H and O–H groups in total. The van der Waals surface area contributed by atoms with Crippen LogP contribution in [0, 0.1) is 6.92 Å². The highest BCUT2D eigenvalue weighted by molar-refractivity contribution is 5.88. The standard InChI is InChI=1S/C13H15F3O4/c1-9-3-4-10(12(17)18)7-11(9)20-6-2-5-19-8-13(14,15)16/h3-4,7H,2,5-6,8H2,1H3,(H,17,18). The number of ether oxygens (including phenoxy) is 2. The molecule has 1 rings (SSSR count). The molecule has 1 aromatic carbocycles. The van der Waals surface area contributed by atoms with Gasteiger partial charge >= 0.3 is 12.1 Å². The summed E-state index contributed by atoms with van der Waals surface area (Å²) >= 11 is 0. The van der Waals surface area contributed by atoms with Gasteiger partial charge in [-0.25, -0.2) is 4.79 Å². The van der Waals surface area contributed by atoms with Crippen molar-refractivity contribution >= 4 is 5.97 Å². The van der Waals surface area contributed by atoms with E-state index in [-0.39, 0.29) is 25.2 Å². The number of carboxylic acid groups (broad SMARTS) is 1. The van der Waals surface area contributed by atoms with Gasteiger partial charge in [0.2, 0.25) is 0 Å². The number of carboxylic acids is 1. The number of benzene rings is 1. The molecule has 0 aliphatic rings. The number of halogens is 3. The van der Waals surface area contributed by atoms with Crippen LogP contribution in [0.5, 0.6) is 5.75 Å². The molecule has 0 spiro atoms. The number of rotatable bonds is 7. The Morgan fingerprint density at radius 1 is 1.30 bits per heavy atom. The van der Waals surface area contributed by atoms with Crippen molar-refractivity contribution in [2.24, 2.45) is 0 Å². The van der Waals surface area contributed by atoms with E-state index in [1.807, 2.05) is 0 Å². The van der Waals surface area contributed by atoms with E-state index in [4.69, 9.17) is 9.84 Å². The molecule has 7 heteroatoms. The van der Waals surface area contributed by atoms with Gasteiger partial charge in [-0.2, -0.15) is 13.2 Å². The van der Waals surface area contributed by atoms with Gasteiger partial charge in [0.25, 0.3) is 0 Å². The first kappa shape index (κ1) is 16.3. The van der Waals surface area contributed by atoms with Crippen molar-refractivity contribution in [2.75, 3.05) is 19.8 Å². The summed E-state index contributed by atoms with van der Waals surface area (Å²) in [4.78, 5) is 10.8. The summed E-state index contributed by atoms with van der Waals surface area (Å²) < 4.78 is 45.1. The first-order chi connectivity index (χ1) is 9.29. The quantitative estimate of drug-likeness (QED) is 0.785. The van der Waals surface area contributed by atoms with Crippen molar-refractivity contribution in [1.29, 1.82) is 0 Å². The Labute approximate surface area is 114 Å². The summed E-state index contributed by atoms with van der Waals surface area (Å²) in [5.74, 6) is -0.663.